The van der Waals surface area contributed by atoms with Crippen LogP contribution < -0.4 is 4.72 Å². The maximum absolute atomic E-state index is 12.1. The van der Waals surface area contributed by atoms with Crippen molar-refractivity contribution in [2.45, 2.75) is 38.1 Å². The zero-order chi connectivity index (χ0) is 13.6. The first-order chi connectivity index (χ1) is 8.46. The Bertz CT molecular complexity index is 339. The molecule has 0 radical (unpaired) electrons. The molecule has 1 aliphatic rings. The summed E-state index contributed by atoms with van der Waals surface area (Å²) in [6.45, 7) is 3.26. The lowest BCUT2D eigenvalue weighted by atomic mass is 9.93. The molecule has 1 aliphatic heterocycles. The lowest BCUT2D eigenvalue weighted by Gasteiger charge is -2.37. The standard InChI is InChI=1S/C11H24N2O4S/c1-3-4-7-13(2)18(15,16)12-11(10-14)5-8-17-9-6-11/h12,14H,3-10H2,1-2H3. The normalized spacial score (nSPS) is 20.2. The van der Waals surface area contributed by atoms with Crippen molar-refractivity contribution in [1.29, 1.82) is 0 Å². The molecule has 0 atom stereocenters. The van der Waals surface area contributed by atoms with E-state index in [0.29, 0.717) is 32.6 Å². The Kier molecular flexibility index (Phi) is 6.00. The second-order valence-corrected chi connectivity index (χ2v) is 6.61. The quantitative estimate of drug-likeness (QED) is 0.693. The molecule has 0 aromatic carbocycles. The zero-order valence-electron chi connectivity index (χ0n) is 11.2. The Hall–Kier alpha value is -0.210. The van der Waals surface area contributed by atoms with Crippen molar-refractivity contribution in [2.75, 3.05) is 33.4 Å². The fourth-order valence-electron chi connectivity index (χ4n) is 1.91. The summed E-state index contributed by atoms with van der Waals surface area (Å²) >= 11 is 0. The van der Waals surface area contributed by atoms with E-state index in [4.69, 9.17) is 4.74 Å². The average molecular weight is 280 g/mol. The molecule has 1 saturated heterocycles. The number of nitrogens with zero attached hydrogens (tertiary/aromatic N) is 1. The number of rotatable bonds is 7. The summed E-state index contributed by atoms with van der Waals surface area (Å²) < 4.78 is 33.4. The third kappa shape index (κ3) is 4.17. The molecule has 0 unspecified atom stereocenters. The lowest BCUT2D eigenvalue weighted by Crippen LogP contribution is -2.57. The molecule has 1 rings (SSSR count). The number of ether oxygens (including phenoxy) is 1. The van der Waals surface area contributed by atoms with Crippen LogP contribution in [-0.2, 0) is 14.9 Å². The first-order valence-corrected chi connectivity index (χ1v) is 7.83. The molecule has 18 heavy (non-hydrogen) atoms. The summed E-state index contributed by atoms with van der Waals surface area (Å²) in [6.07, 6.45) is 2.78. The van der Waals surface area contributed by atoms with Crippen LogP contribution in [0, 0.1) is 0 Å². The van der Waals surface area contributed by atoms with Crippen LogP contribution in [0.15, 0.2) is 0 Å². The van der Waals surface area contributed by atoms with Gasteiger partial charge in [-0.15, -0.1) is 0 Å². The summed E-state index contributed by atoms with van der Waals surface area (Å²) in [5, 5.41) is 9.46. The molecule has 0 amide bonds. The van der Waals surface area contributed by atoms with Crippen LogP contribution in [0.5, 0.6) is 0 Å². The summed E-state index contributed by atoms with van der Waals surface area (Å²) in [4.78, 5) is 0. The molecule has 108 valence electrons. The van der Waals surface area contributed by atoms with Crippen molar-refractivity contribution < 1.29 is 18.3 Å². The van der Waals surface area contributed by atoms with Gasteiger partial charge in [-0.3, -0.25) is 0 Å². The van der Waals surface area contributed by atoms with E-state index < -0.39 is 15.7 Å². The minimum atomic E-state index is -3.53. The summed E-state index contributed by atoms with van der Waals surface area (Å²) in [7, 11) is -1.98. The second-order valence-electron chi connectivity index (χ2n) is 4.83. The summed E-state index contributed by atoms with van der Waals surface area (Å²) in [6, 6.07) is 0. The van der Waals surface area contributed by atoms with Crippen LogP contribution in [-0.4, -0.2) is 56.8 Å². The van der Waals surface area contributed by atoms with Crippen molar-refractivity contribution in [1.82, 2.24) is 9.03 Å². The smallest absolute Gasteiger partial charge is 0.279 e. The van der Waals surface area contributed by atoms with E-state index in [-0.39, 0.29) is 6.61 Å². The third-order valence-corrected chi connectivity index (χ3v) is 5.03. The van der Waals surface area contributed by atoms with Crippen LogP contribution in [0.3, 0.4) is 0 Å². The molecule has 2 N–H and O–H groups in total. The van der Waals surface area contributed by atoms with Gasteiger partial charge in [0, 0.05) is 26.8 Å². The molecule has 0 aromatic heterocycles. The number of aliphatic hydroxyl groups is 1. The van der Waals surface area contributed by atoms with Crippen molar-refractivity contribution in [3.05, 3.63) is 0 Å². The zero-order valence-corrected chi connectivity index (χ0v) is 12.0. The van der Waals surface area contributed by atoms with E-state index in [1.807, 2.05) is 6.92 Å². The molecule has 0 spiro atoms. The monoisotopic (exact) mass is 280 g/mol. The van der Waals surface area contributed by atoms with Gasteiger partial charge in [-0.05, 0) is 19.3 Å². The maximum atomic E-state index is 12.1. The highest BCUT2D eigenvalue weighted by Crippen LogP contribution is 2.21. The number of hydrogen-bond acceptors (Lipinski definition) is 4. The highest BCUT2D eigenvalue weighted by atomic mass is 32.2. The van der Waals surface area contributed by atoms with E-state index >= 15 is 0 Å². The average Bonchev–Trinajstić information content (AvgIpc) is 2.36. The Morgan fingerprint density at radius 1 is 1.39 bits per heavy atom. The number of unbranched alkanes of at least 4 members (excludes halogenated alkanes) is 1. The van der Waals surface area contributed by atoms with Gasteiger partial charge in [-0.1, -0.05) is 13.3 Å². The van der Waals surface area contributed by atoms with Gasteiger partial charge in [-0.25, -0.2) is 0 Å². The number of hydrogen-bond donors (Lipinski definition) is 2. The minimum Gasteiger partial charge on any atom is -0.394 e. The fourth-order valence-corrected chi connectivity index (χ4v) is 3.25. The van der Waals surface area contributed by atoms with Gasteiger partial charge in [0.15, 0.2) is 0 Å². The first kappa shape index (κ1) is 15.8. The second kappa shape index (κ2) is 6.81. The summed E-state index contributed by atoms with van der Waals surface area (Å²) in [5.41, 5.74) is -0.766. The molecule has 1 fully saturated rings. The van der Waals surface area contributed by atoms with Crippen molar-refractivity contribution in [3.8, 4) is 0 Å². The Morgan fingerprint density at radius 3 is 2.50 bits per heavy atom. The van der Waals surface area contributed by atoms with Crippen molar-refractivity contribution in [2.24, 2.45) is 0 Å². The van der Waals surface area contributed by atoms with E-state index in [9.17, 15) is 13.5 Å². The van der Waals surface area contributed by atoms with Gasteiger partial charge in [0.05, 0.1) is 12.1 Å². The predicted molar refractivity (Wildman–Crippen MR) is 69.5 cm³/mol. The minimum absolute atomic E-state index is 0.197. The van der Waals surface area contributed by atoms with Gasteiger partial charge >= 0.3 is 0 Å². The van der Waals surface area contributed by atoms with Crippen LogP contribution in [0.4, 0.5) is 0 Å². The SMILES string of the molecule is CCCCN(C)S(=O)(=O)NC1(CO)CCOCC1. The van der Waals surface area contributed by atoms with Gasteiger partial charge in [-0.2, -0.15) is 17.4 Å². The lowest BCUT2D eigenvalue weighted by molar-refractivity contribution is 0.0216. The van der Waals surface area contributed by atoms with Gasteiger partial charge in [0.25, 0.3) is 10.2 Å². The van der Waals surface area contributed by atoms with Crippen molar-refractivity contribution >= 4 is 10.2 Å². The van der Waals surface area contributed by atoms with Crippen LogP contribution in [0.25, 0.3) is 0 Å². The van der Waals surface area contributed by atoms with Crippen LogP contribution >= 0.6 is 0 Å². The fraction of sp³-hybridized carbons (Fsp3) is 1.00. The molecule has 6 nitrogen and oxygen atoms in total. The Morgan fingerprint density at radius 2 is 2.00 bits per heavy atom. The van der Waals surface area contributed by atoms with Crippen LogP contribution in [0.2, 0.25) is 0 Å². The summed E-state index contributed by atoms with van der Waals surface area (Å²) in [5.74, 6) is 0. The van der Waals surface area contributed by atoms with E-state index in [1.165, 1.54) is 4.31 Å². The number of aliphatic hydroxyl groups excluding tert-OH is 1. The molecular weight excluding hydrogens is 256 g/mol. The van der Waals surface area contributed by atoms with E-state index in [2.05, 4.69) is 4.72 Å². The van der Waals surface area contributed by atoms with Crippen molar-refractivity contribution in [3.63, 3.8) is 0 Å². The van der Waals surface area contributed by atoms with Crippen LogP contribution in [0.1, 0.15) is 32.6 Å². The molecule has 1 heterocycles. The largest absolute Gasteiger partial charge is 0.394 e. The molecular formula is C11H24N2O4S. The first-order valence-electron chi connectivity index (χ1n) is 6.39. The predicted octanol–water partition coefficient (Wildman–Crippen LogP) is 0.0942. The Labute approximate surface area is 109 Å². The molecule has 0 bridgehead atoms. The highest BCUT2D eigenvalue weighted by molar-refractivity contribution is 7.87. The van der Waals surface area contributed by atoms with Gasteiger partial charge < -0.3 is 9.84 Å². The van der Waals surface area contributed by atoms with E-state index in [0.717, 1.165) is 12.8 Å². The highest BCUT2D eigenvalue weighted by Gasteiger charge is 2.37. The molecule has 7 heteroatoms. The molecule has 0 aliphatic carbocycles. The Balaban J connectivity index is 2.67. The maximum Gasteiger partial charge on any atom is 0.279 e. The third-order valence-electron chi connectivity index (χ3n) is 3.33. The van der Waals surface area contributed by atoms with Gasteiger partial charge in [0.2, 0.25) is 0 Å². The topological polar surface area (TPSA) is 78.9 Å². The number of nitrogens with one attached hydrogen (secondary N) is 1. The van der Waals surface area contributed by atoms with E-state index in [1.54, 1.807) is 7.05 Å². The van der Waals surface area contributed by atoms with Gasteiger partial charge in [0.1, 0.15) is 0 Å². The molecule has 0 saturated carbocycles. The molecule has 0 aromatic rings.